The Morgan fingerprint density at radius 1 is 1.29 bits per heavy atom. The van der Waals surface area contributed by atoms with E-state index in [4.69, 9.17) is 5.73 Å². The Morgan fingerprint density at radius 3 is 2.41 bits per heavy atom. The number of nitrogens with zero attached hydrogens (tertiary/aromatic N) is 2. The van der Waals surface area contributed by atoms with Crippen molar-refractivity contribution in [1.29, 1.82) is 0 Å². The van der Waals surface area contributed by atoms with Gasteiger partial charge in [0.05, 0.1) is 22.5 Å². The number of nitro benzene ring substituents is 2. The van der Waals surface area contributed by atoms with Gasteiger partial charge >= 0.3 is 11.7 Å². The van der Waals surface area contributed by atoms with Gasteiger partial charge in [-0.15, -0.1) is 0 Å². The monoisotopic (exact) mass is 241 g/mol. The lowest BCUT2D eigenvalue weighted by Crippen LogP contribution is -2.19. The number of rotatable bonds is 4. The lowest BCUT2D eigenvalue weighted by Gasteiger charge is -2.02. The van der Waals surface area contributed by atoms with Crippen molar-refractivity contribution in [3.63, 3.8) is 0 Å². The molecule has 1 aromatic rings. The molecule has 1 rings (SSSR count). The predicted octanol–water partition coefficient (Wildman–Crippen LogP) is 0.367. The Hall–Kier alpha value is -2.55. The number of ether oxygens (including phenoxy) is 1. The fourth-order valence-corrected chi connectivity index (χ4v) is 1.01. The molecule has 90 valence electrons. The summed E-state index contributed by atoms with van der Waals surface area (Å²) in [7, 11) is 0. The molecular weight excluding hydrogens is 234 g/mol. The van der Waals surface area contributed by atoms with E-state index in [-0.39, 0.29) is 5.75 Å². The highest BCUT2D eigenvalue weighted by molar-refractivity contribution is 5.75. The zero-order valence-corrected chi connectivity index (χ0v) is 8.36. The largest absolute Gasteiger partial charge is 0.418 e. The maximum Gasteiger partial charge on any atom is 0.325 e. The van der Waals surface area contributed by atoms with Crippen molar-refractivity contribution in [2.24, 2.45) is 5.73 Å². The summed E-state index contributed by atoms with van der Waals surface area (Å²) in [5.74, 6) is -1.25. The lowest BCUT2D eigenvalue weighted by atomic mass is 10.2. The lowest BCUT2D eigenvalue weighted by molar-refractivity contribution is -0.394. The van der Waals surface area contributed by atoms with Gasteiger partial charge in [-0.25, -0.2) is 0 Å². The summed E-state index contributed by atoms with van der Waals surface area (Å²) in [4.78, 5) is 30.2. The molecule has 2 N–H and O–H groups in total. The van der Waals surface area contributed by atoms with Gasteiger partial charge in [0.25, 0.3) is 5.69 Å². The highest BCUT2D eigenvalue weighted by Gasteiger charge is 2.22. The van der Waals surface area contributed by atoms with Gasteiger partial charge in [-0.1, -0.05) is 0 Å². The molecule has 1 aromatic carbocycles. The third-order valence-corrected chi connectivity index (χ3v) is 1.74. The van der Waals surface area contributed by atoms with Crippen LogP contribution in [0, 0.1) is 20.2 Å². The first kappa shape index (κ1) is 12.5. The molecule has 9 nitrogen and oxygen atoms in total. The molecule has 0 atom stereocenters. The Balaban J connectivity index is 3.17. The third-order valence-electron chi connectivity index (χ3n) is 1.74. The smallest absolute Gasteiger partial charge is 0.325 e. The van der Waals surface area contributed by atoms with Crippen molar-refractivity contribution in [2.75, 3.05) is 6.54 Å². The molecule has 0 aliphatic rings. The summed E-state index contributed by atoms with van der Waals surface area (Å²) in [6.45, 7) is -0.450. The van der Waals surface area contributed by atoms with Gasteiger partial charge in [-0.2, -0.15) is 0 Å². The van der Waals surface area contributed by atoms with E-state index in [1.165, 1.54) is 0 Å². The number of nitrogens with two attached hydrogens (primary N) is 1. The second-order valence-corrected chi connectivity index (χ2v) is 2.84. The highest BCUT2D eigenvalue weighted by Crippen LogP contribution is 2.30. The van der Waals surface area contributed by atoms with Crippen LogP contribution in [0.2, 0.25) is 0 Å². The molecule has 0 bridgehead atoms. The molecule has 0 aliphatic carbocycles. The van der Waals surface area contributed by atoms with Crippen molar-refractivity contribution in [3.05, 3.63) is 38.4 Å². The molecule has 17 heavy (non-hydrogen) atoms. The van der Waals surface area contributed by atoms with E-state index in [0.29, 0.717) is 6.07 Å². The molecule has 0 heterocycles. The quantitative estimate of drug-likeness (QED) is 0.347. The van der Waals surface area contributed by atoms with E-state index in [2.05, 4.69) is 4.74 Å². The van der Waals surface area contributed by atoms with E-state index in [0.717, 1.165) is 12.1 Å². The van der Waals surface area contributed by atoms with Crippen LogP contribution in [0.1, 0.15) is 0 Å². The molecular formula is C8H7N3O6. The summed E-state index contributed by atoms with van der Waals surface area (Å²) in [6, 6.07) is 2.68. The zero-order valence-electron chi connectivity index (χ0n) is 8.36. The highest BCUT2D eigenvalue weighted by atomic mass is 16.6. The second-order valence-electron chi connectivity index (χ2n) is 2.84. The van der Waals surface area contributed by atoms with E-state index < -0.39 is 33.7 Å². The van der Waals surface area contributed by atoms with Crippen LogP contribution in [0.4, 0.5) is 11.4 Å². The number of nitro groups is 2. The number of hydrogen-bond donors (Lipinski definition) is 1. The Kier molecular flexibility index (Phi) is 3.67. The zero-order chi connectivity index (χ0) is 13.0. The number of carbonyl (C=O) groups is 1. The summed E-state index contributed by atoms with van der Waals surface area (Å²) in [5.41, 5.74) is 3.84. The normalized spacial score (nSPS) is 9.71. The second kappa shape index (κ2) is 4.99. The molecule has 0 saturated carbocycles. The first-order chi connectivity index (χ1) is 7.95. The number of non-ortho nitro benzene ring substituents is 1. The van der Waals surface area contributed by atoms with Crippen LogP contribution in [0.25, 0.3) is 0 Å². The minimum Gasteiger partial charge on any atom is -0.418 e. The predicted molar refractivity (Wildman–Crippen MR) is 54.4 cm³/mol. The summed E-state index contributed by atoms with van der Waals surface area (Å²) < 4.78 is 4.56. The maximum atomic E-state index is 10.9. The first-order valence-electron chi connectivity index (χ1n) is 4.29. The fourth-order valence-electron chi connectivity index (χ4n) is 1.01. The SMILES string of the molecule is NCC(=O)Oc1ccc([N+](=O)[O-])cc1[N+](=O)[O-]. The average Bonchev–Trinajstić information content (AvgIpc) is 2.28. The van der Waals surface area contributed by atoms with Crippen LogP contribution in [-0.4, -0.2) is 22.4 Å². The Bertz CT molecular complexity index is 486. The number of carbonyl (C=O) groups excluding carboxylic acids is 1. The van der Waals surface area contributed by atoms with Gasteiger partial charge < -0.3 is 10.5 Å². The minimum atomic E-state index is -0.883. The standard InChI is InChI=1S/C8H7N3O6/c9-4-8(12)17-7-2-1-5(10(13)14)3-6(7)11(15)16/h1-3H,4,9H2. The Labute approximate surface area is 94.1 Å². The van der Waals surface area contributed by atoms with Crippen molar-refractivity contribution >= 4 is 17.3 Å². The fraction of sp³-hybridized carbons (Fsp3) is 0.125. The van der Waals surface area contributed by atoms with Crippen LogP contribution >= 0.6 is 0 Å². The van der Waals surface area contributed by atoms with Crippen molar-refractivity contribution in [3.8, 4) is 5.75 Å². The van der Waals surface area contributed by atoms with Crippen LogP contribution in [-0.2, 0) is 4.79 Å². The van der Waals surface area contributed by atoms with E-state index >= 15 is 0 Å². The van der Waals surface area contributed by atoms with Crippen molar-refractivity contribution in [2.45, 2.75) is 0 Å². The van der Waals surface area contributed by atoms with Gasteiger partial charge in [0.2, 0.25) is 5.75 Å². The van der Waals surface area contributed by atoms with Crippen molar-refractivity contribution < 1.29 is 19.4 Å². The number of esters is 1. The molecule has 0 radical (unpaired) electrons. The van der Waals surface area contributed by atoms with Gasteiger partial charge in [0.1, 0.15) is 0 Å². The Morgan fingerprint density at radius 2 is 1.94 bits per heavy atom. The van der Waals surface area contributed by atoms with E-state index in [1.54, 1.807) is 0 Å². The minimum absolute atomic E-state index is 0.379. The van der Waals surface area contributed by atoms with Gasteiger partial charge in [0, 0.05) is 6.07 Å². The molecule has 9 heteroatoms. The topological polar surface area (TPSA) is 139 Å². The van der Waals surface area contributed by atoms with Crippen LogP contribution in [0.5, 0.6) is 5.75 Å². The molecule has 0 spiro atoms. The van der Waals surface area contributed by atoms with Crippen LogP contribution < -0.4 is 10.5 Å². The van der Waals surface area contributed by atoms with E-state index in [1.807, 2.05) is 0 Å². The average molecular weight is 241 g/mol. The molecule has 0 aliphatic heterocycles. The van der Waals surface area contributed by atoms with Crippen LogP contribution in [0.15, 0.2) is 18.2 Å². The molecule has 0 saturated heterocycles. The molecule has 0 aromatic heterocycles. The van der Waals surface area contributed by atoms with Gasteiger partial charge in [-0.3, -0.25) is 25.0 Å². The van der Waals surface area contributed by atoms with Crippen molar-refractivity contribution in [1.82, 2.24) is 0 Å². The number of hydrogen-bond acceptors (Lipinski definition) is 7. The first-order valence-corrected chi connectivity index (χ1v) is 4.29. The summed E-state index contributed by atoms with van der Waals surface area (Å²) in [6.07, 6.45) is 0. The van der Waals surface area contributed by atoms with Gasteiger partial charge in [0.15, 0.2) is 0 Å². The number of benzene rings is 1. The van der Waals surface area contributed by atoms with E-state index in [9.17, 15) is 25.0 Å². The molecule has 0 unspecified atom stereocenters. The molecule has 0 amide bonds. The van der Waals surface area contributed by atoms with Gasteiger partial charge in [-0.05, 0) is 6.07 Å². The molecule has 0 fully saturated rings. The summed E-state index contributed by atoms with van der Waals surface area (Å²) in [5, 5.41) is 21.0. The summed E-state index contributed by atoms with van der Waals surface area (Å²) >= 11 is 0. The van der Waals surface area contributed by atoms with Crippen LogP contribution in [0.3, 0.4) is 0 Å². The maximum absolute atomic E-state index is 10.9. The third kappa shape index (κ3) is 2.95.